The van der Waals surface area contributed by atoms with E-state index in [0.29, 0.717) is 23.1 Å². The topological polar surface area (TPSA) is 0 Å². The van der Waals surface area contributed by atoms with Gasteiger partial charge in [0, 0.05) is 5.56 Å². The van der Waals surface area contributed by atoms with Crippen molar-refractivity contribution < 1.29 is 8.78 Å². The van der Waals surface area contributed by atoms with E-state index in [1.807, 2.05) is 24.3 Å². The number of benzene rings is 3. The van der Waals surface area contributed by atoms with Gasteiger partial charge in [-0.3, -0.25) is 0 Å². The highest BCUT2D eigenvalue weighted by Gasteiger charge is 2.14. The lowest BCUT2D eigenvalue weighted by atomic mass is 9.96. The zero-order chi connectivity index (χ0) is 24.2. The molecule has 182 valence electrons. The van der Waals surface area contributed by atoms with Gasteiger partial charge in [-0.15, -0.1) is 0 Å². The molecule has 0 saturated heterocycles. The summed E-state index contributed by atoms with van der Waals surface area (Å²) in [6, 6.07) is 19.9. The summed E-state index contributed by atoms with van der Waals surface area (Å²) >= 11 is 0. The van der Waals surface area contributed by atoms with Crippen LogP contribution in [-0.4, -0.2) is 0 Å². The van der Waals surface area contributed by atoms with Crippen molar-refractivity contribution in [1.29, 1.82) is 0 Å². The van der Waals surface area contributed by atoms with Crippen LogP contribution in [0, 0.1) is 11.6 Å². The van der Waals surface area contributed by atoms with Gasteiger partial charge in [0.2, 0.25) is 0 Å². The molecule has 0 radical (unpaired) electrons. The van der Waals surface area contributed by atoms with E-state index >= 15 is 0 Å². The first-order valence-electron chi connectivity index (χ1n) is 13.3. The third kappa shape index (κ3) is 7.52. The largest absolute Gasteiger partial charge is 0.203 e. The van der Waals surface area contributed by atoms with Crippen molar-refractivity contribution in [2.45, 2.75) is 90.9 Å². The van der Waals surface area contributed by atoms with Crippen LogP contribution < -0.4 is 0 Å². The minimum Gasteiger partial charge on any atom is -0.203 e. The summed E-state index contributed by atoms with van der Waals surface area (Å²) in [5.41, 5.74) is 5.12. The van der Waals surface area contributed by atoms with Crippen molar-refractivity contribution in [2.75, 3.05) is 0 Å². The summed E-state index contributed by atoms with van der Waals surface area (Å²) in [4.78, 5) is 0. The van der Waals surface area contributed by atoms with Crippen molar-refractivity contribution in [3.63, 3.8) is 0 Å². The van der Waals surface area contributed by atoms with E-state index in [2.05, 4.69) is 38.1 Å². The number of aryl methyl sites for hydroxylation is 2. The molecule has 0 aliphatic carbocycles. The maximum Gasteiger partial charge on any atom is 0.166 e. The highest BCUT2D eigenvalue weighted by Crippen LogP contribution is 2.30. The second-order valence-corrected chi connectivity index (χ2v) is 9.50. The Hall–Kier alpha value is -2.48. The van der Waals surface area contributed by atoms with E-state index in [1.54, 1.807) is 12.1 Å². The molecule has 0 unspecified atom stereocenters. The molecule has 0 N–H and O–H groups in total. The van der Waals surface area contributed by atoms with Crippen molar-refractivity contribution in [3.05, 3.63) is 83.4 Å². The molecule has 3 rings (SSSR count). The van der Waals surface area contributed by atoms with Crippen LogP contribution in [0.2, 0.25) is 0 Å². The SMILES string of the molecule is CCCCCCCCCc1ccc(-c2ccc(-c3ccc(CCCCC)cc3)cc2)c(F)c1F. The Kier molecular flexibility index (Phi) is 10.8. The predicted molar refractivity (Wildman–Crippen MR) is 142 cm³/mol. The molecule has 3 aromatic rings. The van der Waals surface area contributed by atoms with Crippen LogP contribution >= 0.6 is 0 Å². The van der Waals surface area contributed by atoms with Gasteiger partial charge < -0.3 is 0 Å². The van der Waals surface area contributed by atoms with E-state index in [1.165, 1.54) is 56.9 Å². The fraction of sp³-hybridized carbons (Fsp3) is 0.438. The second-order valence-electron chi connectivity index (χ2n) is 9.50. The minimum atomic E-state index is -0.732. The second kappa shape index (κ2) is 14.0. The molecule has 0 aliphatic rings. The van der Waals surface area contributed by atoms with Crippen LogP contribution in [0.4, 0.5) is 8.78 Å². The van der Waals surface area contributed by atoms with Crippen molar-refractivity contribution in [3.8, 4) is 22.3 Å². The molecule has 0 aliphatic heterocycles. The Labute approximate surface area is 205 Å². The van der Waals surface area contributed by atoms with Gasteiger partial charge >= 0.3 is 0 Å². The van der Waals surface area contributed by atoms with E-state index in [0.717, 1.165) is 30.4 Å². The molecular weight excluding hydrogens is 422 g/mol. The summed E-state index contributed by atoms with van der Waals surface area (Å²) in [7, 11) is 0. The lowest BCUT2D eigenvalue weighted by molar-refractivity contribution is 0.497. The molecule has 0 nitrogen and oxygen atoms in total. The quantitative estimate of drug-likeness (QED) is 0.209. The van der Waals surface area contributed by atoms with Gasteiger partial charge in [0.1, 0.15) is 0 Å². The van der Waals surface area contributed by atoms with Crippen molar-refractivity contribution in [1.82, 2.24) is 0 Å². The van der Waals surface area contributed by atoms with Crippen LogP contribution in [0.3, 0.4) is 0 Å². The lowest BCUT2D eigenvalue weighted by Crippen LogP contribution is -1.98. The van der Waals surface area contributed by atoms with E-state index in [9.17, 15) is 8.78 Å². The van der Waals surface area contributed by atoms with Gasteiger partial charge in [0.25, 0.3) is 0 Å². The summed E-state index contributed by atoms with van der Waals surface area (Å²) in [5.74, 6) is -1.42. The van der Waals surface area contributed by atoms with E-state index in [-0.39, 0.29) is 0 Å². The van der Waals surface area contributed by atoms with Gasteiger partial charge in [0.15, 0.2) is 11.6 Å². The fourth-order valence-electron chi connectivity index (χ4n) is 4.56. The summed E-state index contributed by atoms with van der Waals surface area (Å²) in [6.45, 7) is 4.43. The van der Waals surface area contributed by atoms with E-state index in [4.69, 9.17) is 0 Å². The highest BCUT2D eigenvalue weighted by atomic mass is 19.2. The zero-order valence-electron chi connectivity index (χ0n) is 21.0. The molecule has 0 fully saturated rings. The number of rotatable bonds is 14. The number of halogens is 2. The van der Waals surface area contributed by atoms with E-state index < -0.39 is 11.6 Å². The number of hydrogen-bond acceptors (Lipinski definition) is 0. The summed E-state index contributed by atoms with van der Waals surface area (Å²) in [6.07, 6.45) is 13.6. The molecular formula is C32H40F2. The van der Waals surface area contributed by atoms with Gasteiger partial charge in [-0.05, 0) is 53.5 Å². The fourth-order valence-corrected chi connectivity index (χ4v) is 4.56. The third-order valence-corrected chi connectivity index (χ3v) is 6.76. The van der Waals surface area contributed by atoms with Crippen LogP contribution in [-0.2, 0) is 12.8 Å². The average Bonchev–Trinajstić information content (AvgIpc) is 2.87. The molecule has 0 saturated carbocycles. The van der Waals surface area contributed by atoms with Crippen LogP contribution in [0.5, 0.6) is 0 Å². The van der Waals surface area contributed by atoms with Crippen LogP contribution in [0.25, 0.3) is 22.3 Å². The van der Waals surface area contributed by atoms with Gasteiger partial charge in [-0.2, -0.15) is 0 Å². The Morgan fingerprint density at radius 1 is 0.471 bits per heavy atom. The van der Waals surface area contributed by atoms with Gasteiger partial charge in [-0.25, -0.2) is 8.78 Å². The lowest BCUT2D eigenvalue weighted by Gasteiger charge is -2.10. The molecule has 0 heterocycles. The van der Waals surface area contributed by atoms with Crippen LogP contribution in [0.1, 0.15) is 89.2 Å². The normalized spacial score (nSPS) is 11.2. The van der Waals surface area contributed by atoms with Gasteiger partial charge in [-0.1, -0.05) is 126 Å². The molecule has 0 bridgehead atoms. The Bertz CT molecular complexity index is 987. The summed E-state index contributed by atoms with van der Waals surface area (Å²) < 4.78 is 29.6. The first-order valence-corrected chi connectivity index (χ1v) is 13.3. The molecule has 0 spiro atoms. The number of unbranched alkanes of at least 4 members (excludes halogenated alkanes) is 8. The third-order valence-electron chi connectivity index (χ3n) is 6.76. The number of hydrogen-bond donors (Lipinski definition) is 0. The minimum absolute atomic E-state index is 0.332. The Morgan fingerprint density at radius 2 is 0.971 bits per heavy atom. The summed E-state index contributed by atoms with van der Waals surface area (Å²) in [5, 5.41) is 0. The van der Waals surface area contributed by atoms with Crippen molar-refractivity contribution >= 4 is 0 Å². The highest BCUT2D eigenvalue weighted by molar-refractivity contribution is 5.71. The maximum absolute atomic E-state index is 14.9. The Morgan fingerprint density at radius 3 is 1.62 bits per heavy atom. The smallest absolute Gasteiger partial charge is 0.166 e. The zero-order valence-corrected chi connectivity index (χ0v) is 21.0. The monoisotopic (exact) mass is 462 g/mol. The molecule has 0 aromatic heterocycles. The Balaban J connectivity index is 1.60. The first kappa shape index (κ1) is 26.1. The standard InChI is InChI=1S/C32H40F2/c1-3-5-7-8-9-10-12-14-29-23-24-30(32(34)31(29)33)28-21-19-27(20-22-28)26-17-15-25(16-18-26)13-11-6-4-2/h15-24H,3-14H2,1-2H3. The average molecular weight is 463 g/mol. The molecule has 0 atom stereocenters. The first-order chi connectivity index (χ1) is 16.6. The molecule has 2 heteroatoms. The van der Waals surface area contributed by atoms with Gasteiger partial charge in [0.05, 0.1) is 0 Å². The molecule has 34 heavy (non-hydrogen) atoms. The molecule has 0 amide bonds. The van der Waals surface area contributed by atoms with Crippen molar-refractivity contribution in [2.24, 2.45) is 0 Å². The van der Waals surface area contributed by atoms with Crippen LogP contribution in [0.15, 0.2) is 60.7 Å². The maximum atomic E-state index is 14.9. The predicted octanol–water partition coefficient (Wildman–Crippen LogP) is 10.3. The molecule has 3 aromatic carbocycles.